The molecule has 1 aromatic rings. The van der Waals surface area contributed by atoms with E-state index in [-0.39, 0.29) is 0 Å². The minimum atomic E-state index is 0.669. The Balaban J connectivity index is 2.09. The Bertz CT molecular complexity index is 452. The standard InChI is InChI=1S/C12H17BrN2S2/c1-7(2)5-17-6-9-14-11(8-3-4-8)10(13)12(16)15-9/h7-8H,3-6H2,1-2H3,(H,14,15,16). The van der Waals surface area contributed by atoms with Gasteiger partial charge in [-0.2, -0.15) is 11.8 Å². The van der Waals surface area contributed by atoms with Gasteiger partial charge in [-0.1, -0.05) is 26.1 Å². The highest BCUT2D eigenvalue weighted by atomic mass is 79.9. The Morgan fingerprint density at radius 1 is 1.53 bits per heavy atom. The summed E-state index contributed by atoms with van der Waals surface area (Å²) in [6, 6.07) is 0. The lowest BCUT2D eigenvalue weighted by molar-refractivity contribution is 0.749. The van der Waals surface area contributed by atoms with Gasteiger partial charge in [0.05, 0.1) is 10.2 Å². The van der Waals surface area contributed by atoms with Crippen molar-refractivity contribution in [3.05, 3.63) is 20.6 Å². The van der Waals surface area contributed by atoms with E-state index in [0.717, 1.165) is 27.7 Å². The fraction of sp³-hybridized carbons (Fsp3) is 0.667. The minimum absolute atomic E-state index is 0.669. The van der Waals surface area contributed by atoms with E-state index in [1.165, 1.54) is 18.5 Å². The third kappa shape index (κ3) is 3.80. The smallest absolute Gasteiger partial charge is 0.144 e. The Kier molecular flexibility index (Phi) is 4.66. The molecule has 17 heavy (non-hydrogen) atoms. The Hall–Kier alpha value is 0.130. The SMILES string of the molecule is CC(C)CSCc1nc(=S)c(Br)c(C2CC2)[nH]1. The summed E-state index contributed by atoms with van der Waals surface area (Å²) in [5.74, 6) is 4.50. The Morgan fingerprint density at radius 2 is 2.24 bits per heavy atom. The molecule has 0 atom stereocenters. The lowest BCUT2D eigenvalue weighted by Crippen LogP contribution is -2.01. The molecule has 94 valence electrons. The second-order valence-electron chi connectivity index (χ2n) is 4.90. The van der Waals surface area contributed by atoms with Crippen LogP contribution in [-0.2, 0) is 5.75 Å². The van der Waals surface area contributed by atoms with Gasteiger partial charge < -0.3 is 4.98 Å². The predicted molar refractivity (Wildman–Crippen MR) is 80.1 cm³/mol. The molecule has 1 aliphatic rings. The van der Waals surface area contributed by atoms with E-state index in [1.807, 2.05) is 11.8 Å². The van der Waals surface area contributed by atoms with Crippen molar-refractivity contribution in [2.75, 3.05) is 5.75 Å². The van der Waals surface area contributed by atoms with Crippen LogP contribution in [0.2, 0.25) is 0 Å². The van der Waals surface area contributed by atoms with Crippen LogP contribution < -0.4 is 0 Å². The molecular weight excluding hydrogens is 316 g/mol. The van der Waals surface area contributed by atoms with Gasteiger partial charge in [-0.3, -0.25) is 0 Å². The maximum absolute atomic E-state index is 5.29. The number of hydrogen-bond acceptors (Lipinski definition) is 3. The van der Waals surface area contributed by atoms with Crippen LogP contribution in [0.25, 0.3) is 0 Å². The second-order valence-corrected chi connectivity index (χ2v) is 7.11. The molecule has 0 bridgehead atoms. The zero-order valence-electron chi connectivity index (χ0n) is 10.1. The third-order valence-electron chi connectivity index (χ3n) is 2.62. The number of aromatic nitrogens is 2. The first-order valence-electron chi connectivity index (χ1n) is 5.94. The number of nitrogens with one attached hydrogen (secondary N) is 1. The zero-order valence-corrected chi connectivity index (χ0v) is 13.3. The first-order chi connectivity index (χ1) is 8.08. The molecule has 0 amide bonds. The Morgan fingerprint density at radius 3 is 2.82 bits per heavy atom. The normalized spacial score (nSPS) is 15.5. The maximum Gasteiger partial charge on any atom is 0.144 e. The van der Waals surface area contributed by atoms with Gasteiger partial charge in [0.2, 0.25) is 0 Å². The van der Waals surface area contributed by atoms with Gasteiger partial charge in [-0.15, -0.1) is 0 Å². The third-order valence-corrected chi connectivity index (χ3v) is 5.36. The first-order valence-corrected chi connectivity index (χ1v) is 8.30. The lowest BCUT2D eigenvalue weighted by atomic mass is 10.3. The quantitative estimate of drug-likeness (QED) is 0.794. The van der Waals surface area contributed by atoms with Crippen LogP contribution in [0, 0.1) is 10.6 Å². The van der Waals surface area contributed by atoms with E-state index < -0.39 is 0 Å². The molecule has 2 rings (SSSR count). The van der Waals surface area contributed by atoms with Gasteiger partial charge in [0, 0.05) is 11.6 Å². The second kappa shape index (κ2) is 5.85. The van der Waals surface area contributed by atoms with Gasteiger partial charge in [0.15, 0.2) is 0 Å². The van der Waals surface area contributed by atoms with Crippen molar-refractivity contribution in [1.82, 2.24) is 9.97 Å². The predicted octanol–water partition coefficient (Wildman–Crippen LogP) is 4.67. The van der Waals surface area contributed by atoms with Crippen molar-refractivity contribution in [1.29, 1.82) is 0 Å². The topological polar surface area (TPSA) is 28.7 Å². The molecule has 1 aromatic heterocycles. The number of nitrogens with zero attached hydrogens (tertiary/aromatic N) is 1. The number of thioether (sulfide) groups is 1. The number of hydrogen-bond donors (Lipinski definition) is 1. The van der Waals surface area contributed by atoms with Gasteiger partial charge in [-0.25, -0.2) is 4.98 Å². The van der Waals surface area contributed by atoms with Gasteiger partial charge in [0.1, 0.15) is 10.5 Å². The number of rotatable bonds is 5. The van der Waals surface area contributed by atoms with E-state index in [0.29, 0.717) is 10.6 Å². The van der Waals surface area contributed by atoms with Crippen LogP contribution in [-0.4, -0.2) is 15.7 Å². The average Bonchev–Trinajstić information content (AvgIpc) is 3.06. The van der Waals surface area contributed by atoms with E-state index >= 15 is 0 Å². The Labute approximate surface area is 120 Å². The molecule has 0 spiro atoms. The zero-order chi connectivity index (χ0) is 12.4. The van der Waals surface area contributed by atoms with E-state index in [4.69, 9.17) is 12.2 Å². The molecule has 1 N–H and O–H groups in total. The van der Waals surface area contributed by atoms with Crippen molar-refractivity contribution in [2.45, 2.75) is 38.4 Å². The van der Waals surface area contributed by atoms with Crippen molar-refractivity contribution < 1.29 is 0 Å². The molecule has 0 unspecified atom stereocenters. The molecule has 0 aromatic carbocycles. The molecule has 0 radical (unpaired) electrons. The summed E-state index contributed by atoms with van der Waals surface area (Å²) in [7, 11) is 0. The molecule has 0 saturated heterocycles. The molecular formula is C12H17BrN2S2. The van der Waals surface area contributed by atoms with Crippen LogP contribution in [0.3, 0.4) is 0 Å². The molecule has 1 saturated carbocycles. The van der Waals surface area contributed by atoms with Crippen molar-refractivity contribution in [3.63, 3.8) is 0 Å². The maximum atomic E-state index is 5.29. The van der Waals surface area contributed by atoms with E-state index in [9.17, 15) is 0 Å². The summed E-state index contributed by atoms with van der Waals surface area (Å²) in [5.41, 5.74) is 1.25. The number of halogens is 1. The molecule has 0 aliphatic heterocycles. The van der Waals surface area contributed by atoms with Crippen LogP contribution >= 0.6 is 39.9 Å². The molecule has 5 heteroatoms. The molecule has 1 aliphatic carbocycles. The van der Waals surface area contributed by atoms with Crippen LogP contribution in [0.4, 0.5) is 0 Å². The monoisotopic (exact) mass is 332 g/mol. The van der Waals surface area contributed by atoms with E-state index in [2.05, 4.69) is 39.7 Å². The fourth-order valence-corrected chi connectivity index (χ4v) is 3.29. The summed E-state index contributed by atoms with van der Waals surface area (Å²) in [6.45, 7) is 4.47. The van der Waals surface area contributed by atoms with Gasteiger partial charge in [0.25, 0.3) is 0 Å². The molecule has 1 heterocycles. The summed E-state index contributed by atoms with van der Waals surface area (Å²) in [5, 5.41) is 0. The van der Waals surface area contributed by atoms with Crippen LogP contribution in [0.5, 0.6) is 0 Å². The summed E-state index contributed by atoms with van der Waals surface area (Å²) >= 11 is 10.7. The van der Waals surface area contributed by atoms with E-state index in [1.54, 1.807) is 0 Å². The summed E-state index contributed by atoms with van der Waals surface area (Å²) < 4.78 is 1.69. The van der Waals surface area contributed by atoms with Gasteiger partial charge >= 0.3 is 0 Å². The fourth-order valence-electron chi connectivity index (χ4n) is 1.64. The highest BCUT2D eigenvalue weighted by molar-refractivity contribution is 9.10. The summed E-state index contributed by atoms with van der Waals surface area (Å²) in [4.78, 5) is 7.88. The largest absolute Gasteiger partial charge is 0.345 e. The van der Waals surface area contributed by atoms with Crippen LogP contribution in [0.1, 0.15) is 44.1 Å². The molecule has 2 nitrogen and oxygen atoms in total. The number of H-pyrrole nitrogens is 1. The van der Waals surface area contributed by atoms with Gasteiger partial charge in [-0.05, 0) is 40.4 Å². The molecule has 1 fully saturated rings. The van der Waals surface area contributed by atoms with Crippen molar-refractivity contribution >= 4 is 39.9 Å². The number of aromatic amines is 1. The van der Waals surface area contributed by atoms with Crippen molar-refractivity contribution in [3.8, 4) is 0 Å². The summed E-state index contributed by atoms with van der Waals surface area (Å²) in [6.07, 6.45) is 2.54. The minimum Gasteiger partial charge on any atom is -0.345 e. The lowest BCUT2D eigenvalue weighted by Gasteiger charge is -2.08. The van der Waals surface area contributed by atoms with Crippen molar-refractivity contribution in [2.24, 2.45) is 5.92 Å². The average molecular weight is 333 g/mol. The highest BCUT2D eigenvalue weighted by Gasteiger charge is 2.27. The van der Waals surface area contributed by atoms with Crippen LogP contribution in [0.15, 0.2) is 4.47 Å². The first kappa shape index (κ1) is 13.6. The highest BCUT2D eigenvalue weighted by Crippen LogP contribution is 2.42.